The SMILES string of the molecule is NCc1ccc(CNCc2ccc3ccccc3c2)cc1. The molecule has 2 nitrogen and oxygen atoms in total. The maximum absolute atomic E-state index is 5.61. The highest BCUT2D eigenvalue weighted by molar-refractivity contribution is 5.82. The summed E-state index contributed by atoms with van der Waals surface area (Å²) in [6.07, 6.45) is 0. The van der Waals surface area contributed by atoms with E-state index in [9.17, 15) is 0 Å². The molecule has 0 fully saturated rings. The van der Waals surface area contributed by atoms with E-state index in [1.165, 1.54) is 27.5 Å². The molecule has 2 heteroatoms. The third-order valence-corrected chi connectivity index (χ3v) is 3.73. The summed E-state index contributed by atoms with van der Waals surface area (Å²) in [5.74, 6) is 0. The minimum atomic E-state index is 0.602. The van der Waals surface area contributed by atoms with Crippen molar-refractivity contribution < 1.29 is 0 Å². The largest absolute Gasteiger partial charge is 0.326 e. The zero-order valence-electron chi connectivity index (χ0n) is 12.0. The van der Waals surface area contributed by atoms with E-state index in [1.807, 2.05) is 0 Å². The molecule has 21 heavy (non-hydrogen) atoms. The number of hydrogen-bond donors (Lipinski definition) is 2. The van der Waals surface area contributed by atoms with Gasteiger partial charge in [-0.2, -0.15) is 0 Å². The van der Waals surface area contributed by atoms with E-state index in [0.29, 0.717) is 6.54 Å². The predicted molar refractivity (Wildman–Crippen MR) is 88.8 cm³/mol. The molecular formula is C19H20N2. The zero-order chi connectivity index (χ0) is 14.5. The van der Waals surface area contributed by atoms with Crippen molar-refractivity contribution in [3.05, 3.63) is 83.4 Å². The minimum absolute atomic E-state index is 0.602. The van der Waals surface area contributed by atoms with Gasteiger partial charge < -0.3 is 11.1 Å². The lowest BCUT2D eigenvalue weighted by Gasteiger charge is -2.07. The number of hydrogen-bond acceptors (Lipinski definition) is 2. The van der Waals surface area contributed by atoms with Crippen LogP contribution in [0.15, 0.2) is 66.7 Å². The van der Waals surface area contributed by atoms with E-state index >= 15 is 0 Å². The molecule has 0 aromatic heterocycles. The topological polar surface area (TPSA) is 38.0 Å². The van der Waals surface area contributed by atoms with Crippen LogP contribution >= 0.6 is 0 Å². The van der Waals surface area contributed by atoms with Crippen molar-refractivity contribution in [3.8, 4) is 0 Å². The normalized spacial score (nSPS) is 10.9. The summed E-state index contributed by atoms with van der Waals surface area (Å²) in [5, 5.41) is 6.07. The lowest BCUT2D eigenvalue weighted by Crippen LogP contribution is -2.12. The van der Waals surface area contributed by atoms with Crippen LogP contribution in [0.1, 0.15) is 16.7 Å². The Kier molecular flexibility index (Phi) is 4.29. The van der Waals surface area contributed by atoms with Gasteiger partial charge in [0, 0.05) is 19.6 Å². The Bertz CT molecular complexity index is 717. The number of fused-ring (bicyclic) bond motifs is 1. The Morgan fingerprint density at radius 1 is 0.667 bits per heavy atom. The van der Waals surface area contributed by atoms with Crippen LogP contribution in [0.25, 0.3) is 10.8 Å². The Balaban J connectivity index is 1.60. The van der Waals surface area contributed by atoms with E-state index in [-0.39, 0.29) is 0 Å². The quantitative estimate of drug-likeness (QED) is 0.747. The molecule has 0 unspecified atom stereocenters. The highest BCUT2D eigenvalue weighted by Crippen LogP contribution is 2.15. The molecule has 0 aliphatic heterocycles. The van der Waals surface area contributed by atoms with Crippen LogP contribution in [-0.2, 0) is 19.6 Å². The minimum Gasteiger partial charge on any atom is -0.326 e. The van der Waals surface area contributed by atoms with Crippen LogP contribution in [-0.4, -0.2) is 0 Å². The summed E-state index contributed by atoms with van der Waals surface area (Å²) >= 11 is 0. The Morgan fingerprint density at radius 2 is 1.29 bits per heavy atom. The monoisotopic (exact) mass is 276 g/mol. The van der Waals surface area contributed by atoms with Gasteiger partial charge in [0.2, 0.25) is 0 Å². The molecule has 0 aliphatic carbocycles. The second-order valence-electron chi connectivity index (χ2n) is 5.31. The van der Waals surface area contributed by atoms with Crippen LogP contribution in [0.5, 0.6) is 0 Å². The molecule has 0 atom stereocenters. The van der Waals surface area contributed by atoms with Crippen LogP contribution in [0.2, 0.25) is 0 Å². The van der Waals surface area contributed by atoms with Crippen molar-refractivity contribution in [2.75, 3.05) is 0 Å². The fraction of sp³-hybridized carbons (Fsp3) is 0.158. The molecule has 0 amide bonds. The Hall–Kier alpha value is -2.16. The van der Waals surface area contributed by atoms with Crippen molar-refractivity contribution in [2.24, 2.45) is 5.73 Å². The van der Waals surface area contributed by atoms with Crippen molar-refractivity contribution in [2.45, 2.75) is 19.6 Å². The first kappa shape index (κ1) is 13.8. The maximum Gasteiger partial charge on any atom is 0.0208 e. The number of rotatable bonds is 5. The summed E-state index contributed by atoms with van der Waals surface area (Å²) in [7, 11) is 0. The predicted octanol–water partition coefficient (Wildman–Crippen LogP) is 3.59. The lowest BCUT2D eigenvalue weighted by atomic mass is 10.1. The van der Waals surface area contributed by atoms with Crippen molar-refractivity contribution in [1.82, 2.24) is 5.32 Å². The molecule has 0 saturated heterocycles. The smallest absolute Gasteiger partial charge is 0.0208 e. The third kappa shape index (κ3) is 3.48. The average molecular weight is 276 g/mol. The molecule has 3 N–H and O–H groups in total. The molecule has 0 radical (unpaired) electrons. The van der Waals surface area contributed by atoms with Crippen molar-refractivity contribution in [3.63, 3.8) is 0 Å². The van der Waals surface area contributed by atoms with Gasteiger partial charge in [0.25, 0.3) is 0 Å². The van der Waals surface area contributed by atoms with Crippen molar-refractivity contribution >= 4 is 10.8 Å². The van der Waals surface area contributed by atoms with Crippen LogP contribution in [0, 0.1) is 0 Å². The van der Waals surface area contributed by atoms with E-state index in [1.54, 1.807) is 0 Å². The van der Waals surface area contributed by atoms with E-state index in [2.05, 4.69) is 72.0 Å². The van der Waals surface area contributed by atoms with Gasteiger partial charge in [-0.15, -0.1) is 0 Å². The van der Waals surface area contributed by atoms with Crippen LogP contribution in [0.3, 0.4) is 0 Å². The van der Waals surface area contributed by atoms with Gasteiger partial charge in [-0.25, -0.2) is 0 Å². The van der Waals surface area contributed by atoms with Crippen molar-refractivity contribution in [1.29, 1.82) is 0 Å². The van der Waals surface area contributed by atoms with E-state index in [4.69, 9.17) is 5.73 Å². The molecule has 0 spiro atoms. The zero-order valence-corrected chi connectivity index (χ0v) is 12.0. The van der Waals surface area contributed by atoms with E-state index < -0.39 is 0 Å². The highest BCUT2D eigenvalue weighted by atomic mass is 14.8. The van der Waals surface area contributed by atoms with Gasteiger partial charge in [-0.3, -0.25) is 0 Å². The number of nitrogens with one attached hydrogen (secondary N) is 1. The molecule has 3 aromatic carbocycles. The van der Waals surface area contributed by atoms with Gasteiger partial charge in [-0.05, 0) is 33.5 Å². The second kappa shape index (κ2) is 6.53. The molecule has 3 rings (SSSR count). The van der Waals surface area contributed by atoms with Gasteiger partial charge in [0.1, 0.15) is 0 Å². The summed E-state index contributed by atoms with van der Waals surface area (Å²) < 4.78 is 0. The van der Waals surface area contributed by atoms with Gasteiger partial charge in [0.05, 0.1) is 0 Å². The lowest BCUT2D eigenvalue weighted by molar-refractivity contribution is 0.693. The first-order chi connectivity index (χ1) is 10.3. The molecule has 0 saturated carbocycles. The molecule has 0 aliphatic rings. The second-order valence-corrected chi connectivity index (χ2v) is 5.31. The standard InChI is InChI=1S/C19H20N2/c20-12-15-5-7-16(8-6-15)13-21-14-17-9-10-18-3-1-2-4-19(18)11-17/h1-11,21H,12-14,20H2. The highest BCUT2D eigenvalue weighted by Gasteiger charge is 1.97. The first-order valence-electron chi connectivity index (χ1n) is 7.31. The molecular weight excluding hydrogens is 256 g/mol. The van der Waals surface area contributed by atoms with Gasteiger partial charge in [-0.1, -0.05) is 60.7 Å². The summed E-state index contributed by atoms with van der Waals surface area (Å²) in [6, 6.07) is 23.5. The number of benzene rings is 3. The summed E-state index contributed by atoms with van der Waals surface area (Å²) in [6.45, 7) is 2.35. The number of nitrogens with two attached hydrogens (primary N) is 1. The van der Waals surface area contributed by atoms with Gasteiger partial charge >= 0.3 is 0 Å². The Morgan fingerprint density at radius 3 is 2.05 bits per heavy atom. The summed E-state index contributed by atoms with van der Waals surface area (Å²) in [5.41, 5.74) is 9.38. The van der Waals surface area contributed by atoms with Crippen LogP contribution < -0.4 is 11.1 Å². The molecule has 3 aromatic rings. The summed E-state index contributed by atoms with van der Waals surface area (Å²) in [4.78, 5) is 0. The molecule has 0 bridgehead atoms. The molecule has 106 valence electrons. The van der Waals surface area contributed by atoms with Crippen LogP contribution in [0.4, 0.5) is 0 Å². The average Bonchev–Trinajstić information content (AvgIpc) is 2.55. The fourth-order valence-corrected chi connectivity index (χ4v) is 2.49. The Labute approximate surface area is 125 Å². The third-order valence-electron chi connectivity index (χ3n) is 3.73. The maximum atomic E-state index is 5.61. The first-order valence-corrected chi connectivity index (χ1v) is 7.31. The molecule has 0 heterocycles. The van der Waals surface area contributed by atoms with E-state index in [0.717, 1.165) is 13.1 Å². The van der Waals surface area contributed by atoms with Gasteiger partial charge in [0.15, 0.2) is 0 Å². The fourth-order valence-electron chi connectivity index (χ4n) is 2.49.